The van der Waals surface area contributed by atoms with Gasteiger partial charge in [0.05, 0.1) is 0 Å². The van der Waals surface area contributed by atoms with Crippen molar-refractivity contribution in [2.45, 2.75) is 46.5 Å². The van der Waals surface area contributed by atoms with E-state index in [-0.39, 0.29) is 5.78 Å². The lowest BCUT2D eigenvalue weighted by atomic mass is 9.89. The summed E-state index contributed by atoms with van der Waals surface area (Å²) < 4.78 is 0. The van der Waals surface area contributed by atoms with Crippen LogP contribution in [-0.2, 0) is 12.8 Å². The van der Waals surface area contributed by atoms with Crippen LogP contribution in [0.25, 0.3) is 0 Å². The van der Waals surface area contributed by atoms with Gasteiger partial charge in [-0.05, 0) is 35.8 Å². The van der Waals surface area contributed by atoms with Crippen LogP contribution in [-0.4, -0.2) is 5.78 Å². The van der Waals surface area contributed by atoms with Crippen LogP contribution in [0.1, 0.15) is 55.1 Å². The minimum absolute atomic E-state index is 0.187. The maximum Gasteiger partial charge on any atom is 0.167 e. The molecule has 0 radical (unpaired) electrons. The van der Waals surface area contributed by atoms with Gasteiger partial charge in [-0.2, -0.15) is 0 Å². The molecule has 1 nitrogen and oxygen atoms in total. The molecule has 0 unspecified atom stereocenters. The first-order valence-electron chi connectivity index (χ1n) is 8.10. The molecule has 0 saturated heterocycles. The number of carbonyl (C=O) groups is 1. The predicted molar refractivity (Wildman–Crippen MR) is 93.3 cm³/mol. The Bertz CT molecular complexity index is 588. The van der Waals surface area contributed by atoms with Gasteiger partial charge in [-0.15, -0.1) is 0 Å². The molecular weight excluding hydrogens is 268 g/mol. The van der Waals surface area contributed by atoms with Gasteiger partial charge in [0.25, 0.3) is 0 Å². The van der Waals surface area contributed by atoms with Crippen LogP contribution in [0.15, 0.2) is 54.6 Å². The Morgan fingerprint density at radius 1 is 0.864 bits per heavy atom. The van der Waals surface area contributed by atoms with E-state index in [9.17, 15) is 4.79 Å². The van der Waals surface area contributed by atoms with Crippen molar-refractivity contribution in [2.24, 2.45) is 5.41 Å². The fourth-order valence-corrected chi connectivity index (χ4v) is 2.56. The second kappa shape index (κ2) is 7.40. The van der Waals surface area contributed by atoms with E-state index in [1.807, 2.05) is 42.5 Å². The van der Waals surface area contributed by atoms with E-state index in [0.29, 0.717) is 11.8 Å². The summed E-state index contributed by atoms with van der Waals surface area (Å²) in [4.78, 5) is 12.3. The van der Waals surface area contributed by atoms with Crippen LogP contribution in [0.2, 0.25) is 0 Å². The van der Waals surface area contributed by atoms with Crippen molar-refractivity contribution in [3.63, 3.8) is 0 Å². The average molecular weight is 294 g/mol. The molecule has 0 saturated carbocycles. The van der Waals surface area contributed by atoms with Gasteiger partial charge < -0.3 is 0 Å². The molecule has 0 atom stereocenters. The Morgan fingerprint density at radius 3 is 2.09 bits per heavy atom. The van der Waals surface area contributed by atoms with Crippen LogP contribution in [0.3, 0.4) is 0 Å². The highest BCUT2D eigenvalue weighted by molar-refractivity contribution is 5.97. The first kappa shape index (κ1) is 16.5. The number of Topliss-reactive ketones (excluding diaryl/α,β-unsaturated/α-hetero) is 1. The van der Waals surface area contributed by atoms with Crippen LogP contribution in [0.5, 0.6) is 0 Å². The third-order valence-corrected chi connectivity index (χ3v) is 3.88. The molecule has 116 valence electrons. The van der Waals surface area contributed by atoms with Crippen molar-refractivity contribution in [2.75, 3.05) is 0 Å². The summed E-state index contributed by atoms with van der Waals surface area (Å²) in [6.07, 6.45) is 3.98. The number of carbonyl (C=O) groups excluding carboxylic acids is 1. The summed E-state index contributed by atoms with van der Waals surface area (Å²) in [5.41, 5.74) is 3.59. The standard InChI is InChI=1S/C21H26O/c1-21(2,3)15-7-10-17-11-13-19(14-12-17)20(22)16-18-8-5-4-6-9-18/h4-6,8-9,11-14H,7,10,15-16H2,1-3H3. The molecule has 0 aromatic heterocycles. The lowest BCUT2D eigenvalue weighted by Gasteiger charge is -2.17. The van der Waals surface area contributed by atoms with Crippen molar-refractivity contribution >= 4 is 5.78 Å². The molecule has 2 rings (SSSR count). The Kier molecular flexibility index (Phi) is 5.54. The average Bonchev–Trinajstić information content (AvgIpc) is 2.47. The SMILES string of the molecule is CC(C)(C)CCCc1ccc(C(=O)Cc2ccccc2)cc1. The summed E-state index contributed by atoms with van der Waals surface area (Å²) in [7, 11) is 0. The van der Waals surface area contributed by atoms with Gasteiger partial charge in [-0.25, -0.2) is 0 Å². The Labute approximate surface area is 134 Å². The van der Waals surface area contributed by atoms with Crippen LogP contribution >= 0.6 is 0 Å². The second-order valence-corrected chi connectivity index (χ2v) is 7.20. The van der Waals surface area contributed by atoms with Gasteiger partial charge in [0, 0.05) is 12.0 Å². The fourth-order valence-electron chi connectivity index (χ4n) is 2.56. The maximum atomic E-state index is 12.3. The van der Waals surface area contributed by atoms with Crippen molar-refractivity contribution in [3.8, 4) is 0 Å². The zero-order valence-electron chi connectivity index (χ0n) is 13.9. The normalized spacial score (nSPS) is 11.4. The maximum absolute atomic E-state index is 12.3. The van der Waals surface area contributed by atoms with E-state index in [1.165, 1.54) is 18.4 Å². The molecule has 0 N–H and O–H groups in total. The lowest BCUT2D eigenvalue weighted by Crippen LogP contribution is -2.05. The summed E-state index contributed by atoms with van der Waals surface area (Å²) in [5.74, 6) is 0.187. The largest absolute Gasteiger partial charge is 0.294 e. The Balaban J connectivity index is 1.90. The highest BCUT2D eigenvalue weighted by Crippen LogP contribution is 2.22. The van der Waals surface area contributed by atoms with E-state index in [2.05, 4.69) is 32.9 Å². The number of rotatable bonds is 6. The first-order valence-corrected chi connectivity index (χ1v) is 8.10. The van der Waals surface area contributed by atoms with E-state index < -0.39 is 0 Å². The minimum atomic E-state index is 0.187. The van der Waals surface area contributed by atoms with Gasteiger partial charge in [0.2, 0.25) is 0 Å². The van der Waals surface area contributed by atoms with Gasteiger partial charge in [0.1, 0.15) is 0 Å². The quantitative estimate of drug-likeness (QED) is 0.645. The van der Waals surface area contributed by atoms with Gasteiger partial charge in [-0.1, -0.05) is 75.4 Å². The molecule has 0 heterocycles. The van der Waals surface area contributed by atoms with E-state index >= 15 is 0 Å². The Morgan fingerprint density at radius 2 is 1.50 bits per heavy atom. The zero-order valence-corrected chi connectivity index (χ0v) is 13.9. The van der Waals surface area contributed by atoms with E-state index in [4.69, 9.17) is 0 Å². The first-order chi connectivity index (χ1) is 10.4. The topological polar surface area (TPSA) is 17.1 Å². The molecule has 22 heavy (non-hydrogen) atoms. The van der Waals surface area contributed by atoms with Gasteiger partial charge >= 0.3 is 0 Å². The molecule has 0 fully saturated rings. The number of hydrogen-bond acceptors (Lipinski definition) is 1. The van der Waals surface area contributed by atoms with Crippen molar-refractivity contribution in [3.05, 3.63) is 71.3 Å². The molecule has 2 aromatic carbocycles. The summed E-state index contributed by atoms with van der Waals surface area (Å²) in [6.45, 7) is 6.83. The third-order valence-electron chi connectivity index (χ3n) is 3.88. The molecule has 0 aliphatic carbocycles. The zero-order chi connectivity index (χ0) is 16.0. The highest BCUT2D eigenvalue weighted by Gasteiger charge is 2.10. The van der Waals surface area contributed by atoms with Crippen LogP contribution in [0.4, 0.5) is 0 Å². The molecule has 0 aliphatic rings. The van der Waals surface area contributed by atoms with Crippen molar-refractivity contribution < 1.29 is 4.79 Å². The Hall–Kier alpha value is -1.89. The molecule has 0 spiro atoms. The van der Waals surface area contributed by atoms with Crippen molar-refractivity contribution in [1.29, 1.82) is 0 Å². The summed E-state index contributed by atoms with van der Waals surface area (Å²) in [6, 6.07) is 18.1. The lowest BCUT2D eigenvalue weighted by molar-refractivity contribution is 0.0993. The molecule has 0 bridgehead atoms. The number of aryl methyl sites for hydroxylation is 1. The van der Waals surface area contributed by atoms with Crippen LogP contribution in [0, 0.1) is 5.41 Å². The molecule has 0 aliphatic heterocycles. The fraction of sp³-hybridized carbons (Fsp3) is 0.381. The summed E-state index contributed by atoms with van der Waals surface area (Å²) in [5, 5.41) is 0. The van der Waals surface area contributed by atoms with E-state index in [1.54, 1.807) is 0 Å². The molecule has 2 aromatic rings. The number of ketones is 1. The third kappa shape index (κ3) is 5.48. The molecular formula is C21H26O. The minimum Gasteiger partial charge on any atom is -0.294 e. The monoisotopic (exact) mass is 294 g/mol. The molecule has 0 amide bonds. The summed E-state index contributed by atoms with van der Waals surface area (Å²) >= 11 is 0. The van der Waals surface area contributed by atoms with Crippen molar-refractivity contribution in [1.82, 2.24) is 0 Å². The number of hydrogen-bond donors (Lipinski definition) is 0. The number of benzene rings is 2. The molecule has 1 heteroatoms. The predicted octanol–water partition coefficient (Wildman–Crippen LogP) is 5.48. The van der Waals surface area contributed by atoms with Gasteiger partial charge in [-0.3, -0.25) is 4.79 Å². The second-order valence-electron chi connectivity index (χ2n) is 7.20. The van der Waals surface area contributed by atoms with E-state index in [0.717, 1.165) is 17.5 Å². The highest BCUT2D eigenvalue weighted by atomic mass is 16.1. The van der Waals surface area contributed by atoms with Crippen LogP contribution < -0.4 is 0 Å². The van der Waals surface area contributed by atoms with Gasteiger partial charge in [0.15, 0.2) is 5.78 Å². The smallest absolute Gasteiger partial charge is 0.167 e.